The smallest absolute Gasteiger partial charge is 0.349 e. The van der Waals surface area contributed by atoms with E-state index in [9.17, 15) is 9.59 Å². The molecule has 0 bridgehead atoms. The third-order valence-electron chi connectivity index (χ3n) is 3.89. The van der Waals surface area contributed by atoms with Gasteiger partial charge in [0.25, 0.3) is 5.91 Å². The van der Waals surface area contributed by atoms with Crippen LogP contribution in [0.15, 0.2) is 45.7 Å². The number of carbonyl (C=O) groups excluding carboxylic acids is 1. The topological polar surface area (TPSA) is 90.7 Å². The maximum atomic E-state index is 12.6. The molecule has 0 fully saturated rings. The Labute approximate surface area is 155 Å². The molecule has 0 radical (unpaired) electrons. The standard InChI is InChI=1S/C20H20N2O5/c1-11(2)26-18-16(25-4)8-7-13-10-14(20(24)27-17(13)18)19(23)22-15-6-5-9-21-12(15)3/h5-11H,1-4H3,(H,22,23). The number of rotatable bonds is 5. The molecule has 2 aromatic heterocycles. The lowest BCUT2D eigenvalue weighted by molar-refractivity contribution is 0.102. The van der Waals surface area contributed by atoms with Crippen LogP contribution in [0, 0.1) is 6.92 Å². The Morgan fingerprint density at radius 3 is 2.70 bits per heavy atom. The summed E-state index contributed by atoms with van der Waals surface area (Å²) in [5.74, 6) is 0.212. The Morgan fingerprint density at radius 1 is 1.26 bits per heavy atom. The molecular formula is C20H20N2O5. The molecule has 2 heterocycles. The predicted octanol–water partition coefficient (Wildman–Crippen LogP) is 3.54. The highest BCUT2D eigenvalue weighted by molar-refractivity contribution is 6.06. The highest BCUT2D eigenvalue weighted by Gasteiger charge is 2.19. The molecular weight excluding hydrogens is 348 g/mol. The molecule has 1 amide bonds. The number of aromatic nitrogens is 1. The molecule has 3 aromatic rings. The third-order valence-corrected chi connectivity index (χ3v) is 3.89. The van der Waals surface area contributed by atoms with Crippen molar-refractivity contribution in [2.75, 3.05) is 12.4 Å². The molecule has 7 heteroatoms. The number of aryl methyl sites for hydroxylation is 1. The summed E-state index contributed by atoms with van der Waals surface area (Å²) in [4.78, 5) is 29.1. The molecule has 0 saturated carbocycles. The van der Waals surface area contributed by atoms with Crippen LogP contribution in [0.25, 0.3) is 11.0 Å². The van der Waals surface area contributed by atoms with Gasteiger partial charge >= 0.3 is 5.63 Å². The van der Waals surface area contributed by atoms with Gasteiger partial charge in [-0.05, 0) is 51.1 Å². The molecule has 0 aliphatic rings. The summed E-state index contributed by atoms with van der Waals surface area (Å²) in [7, 11) is 1.50. The number of carbonyl (C=O) groups is 1. The molecule has 0 saturated heterocycles. The Morgan fingerprint density at radius 2 is 2.04 bits per heavy atom. The van der Waals surface area contributed by atoms with E-state index in [0.29, 0.717) is 28.3 Å². The molecule has 0 aliphatic heterocycles. The van der Waals surface area contributed by atoms with E-state index in [-0.39, 0.29) is 17.3 Å². The Balaban J connectivity index is 2.06. The molecule has 0 unspecified atom stereocenters. The number of fused-ring (bicyclic) bond motifs is 1. The number of pyridine rings is 1. The zero-order valence-electron chi connectivity index (χ0n) is 15.5. The van der Waals surface area contributed by atoms with E-state index >= 15 is 0 Å². The van der Waals surface area contributed by atoms with Crippen LogP contribution in [0.5, 0.6) is 11.5 Å². The zero-order chi connectivity index (χ0) is 19.6. The average Bonchev–Trinajstić information content (AvgIpc) is 2.63. The van der Waals surface area contributed by atoms with Crippen molar-refractivity contribution in [3.63, 3.8) is 0 Å². The minimum atomic E-state index is -0.761. The number of nitrogens with zero attached hydrogens (tertiary/aromatic N) is 1. The van der Waals surface area contributed by atoms with Crippen LogP contribution in [0.4, 0.5) is 5.69 Å². The fourth-order valence-electron chi connectivity index (χ4n) is 2.61. The number of ether oxygens (including phenoxy) is 2. The van der Waals surface area contributed by atoms with Gasteiger partial charge in [0.05, 0.1) is 24.6 Å². The number of benzene rings is 1. The SMILES string of the molecule is COc1ccc2cc(C(=O)Nc3cccnc3C)c(=O)oc2c1OC(C)C. The van der Waals surface area contributed by atoms with Crippen LogP contribution >= 0.6 is 0 Å². The van der Waals surface area contributed by atoms with E-state index in [1.54, 1.807) is 37.4 Å². The molecule has 0 atom stereocenters. The quantitative estimate of drug-likeness (QED) is 0.693. The molecule has 0 aliphatic carbocycles. The number of amides is 1. The zero-order valence-corrected chi connectivity index (χ0v) is 15.5. The van der Waals surface area contributed by atoms with Gasteiger partial charge in [-0.1, -0.05) is 0 Å². The highest BCUT2D eigenvalue weighted by Crippen LogP contribution is 2.36. The van der Waals surface area contributed by atoms with Gasteiger partial charge in [-0.25, -0.2) is 4.79 Å². The minimum absolute atomic E-state index is 0.105. The fourth-order valence-corrected chi connectivity index (χ4v) is 2.61. The van der Waals surface area contributed by atoms with Gasteiger partial charge in [0, 0.05) is 11.6 Å². The fraction of sp³-hybridized carbons (Fsp3) is 0.250. The van der Waals surface area contributed by atoms with Gasteiger partial charge < -0.3 is 19.2 Å². The molecule has 140 valence electrons. The average molecular weight is 368 g/mol. The lowest BCUT2D eigenvalue weighted by Gasteiger charge is -2.15. The normalized spacial score (nSPS) is 10.9. The second-order valence-electron chi connectivity index (χ2n) is 6.22. The van der Waals surface area contributed by atoms with E-state index < -0.39 is 11.5 Å². The number of methoxy groups -OCH3 is 1. The van der Waals surface area contributed by atoms with Gasteiger partial charge in [-0.3, -0.25) is 9.78 Å². The third kappa shape index (κ3) is 3.76. The second kappa shape index (κ2) is 7.49. The lowest BCUT2D eigenvalue weighted by atomic mass is 10.1. The van der Waals surface area contributed by atoms with Crippen LogP contribution in [-0.4, -0.2) is 24.1 Å². The first kappa shape index (κ1) is 18.4. The van der Waals surface area contributed by atoms with Crippen LogP contribution < -0.4 is 20.4 Å². The summed E-state index contributed by atoms with van der Waals surface area (Å²) in [6.07, 6.45) is 1.48. The number of hydrogen-bond donors (Lipinski definition) is 1. The second-order valence-corrected chi connectivity index (χ2v) is 6.22. The molecule has 0 spiro atoms. The highest BCUT2D eigenvalue weighted by atomic mass is 16.5. The number of anilines is 1. The first-order valence-corrected chi connectivity index (χ1v) is 8.45. The monoisotopic (exact) mass is 368 g/mol. The summed E-state index contributed by atoms with van der Waals surface area (Å²) < 4.78 is 16.5. The molecule has 3 rings (SSSR count). The van der Waals surface area contributed by atoms with Gasteiger partial charge in [0.15, 0.2) is 11.3 Å². The molecule has 7 nitrogen and oxygen atoms in total. The van der Waals surface area contributed by atoms with Crippen molar-refractivity contribution in [1.29, 1.82) is 0 Å². The maximum absolute atomic E-state index is 12.6. The summed E-state index contributed by atoms with van der Waals surface area (Å²) in [5, 5.41) is 3.24. The van der Waals surface area contributed by atoms with E-state index in [2.05, 4.69) is 10.3 Å². The van der Waals surface area contributed by atoms with Crippen LogP contribution in [0.3, 0.4) is 0 Å². The Hall–Kier alpha value is -3.35. The molecule has 1 aromatic carbocycles. The van der Waals surface area contributed by atoms with Gasteiger partial charge in [-0.15, -0.1) is 0 Å². The Bertz CT molecular complexity index is 1060. The largest absolute Gasteiger partial charge is 0.493 e. The summed E-state index contributed by atoms with van der Waals surface area (Å²) in [6, 6.07) is 8.30. The van der Waals surface area contributed by atoms with Gasteiger partial charge in [0.2, 0.25) is 5.75 Å². The van der Waals surface area contributed by atoms with Gasteiger partial charge in [0.1, 0.15) is 5.56 Å². The van der Waals surface area contributed by atoms with E-state index in [1.807, 2.05) is 13.8 Å². The van der Waals surface area contributed by atoms with Crippen molar-refractivity contribution in [2.45, 2.75) is 26.9 Å². The first-order valence-electron chi connectivity index (χ1n) is 8.45. The Kier molecular flexibility index (Phi) is 5.12. The van der Waals surface area contributed by atoms with Crippen molar-refractivity contribution in [3.8, 4) is 11.5 Å². The van der Waals surface area contributed by atoms with Crippen LogP contribution in [0.1, 0.15) is 29.9 Å². The maximum Gasteiger partial charge on any atom is 0.349 e. The van der Waals surface area contributed by atoms with Crippen molar-refractivity contribution in [3.05, 3.63) is 58.2 Å². The predicted molar refractivity (Wildman–Crippen MR) is 102 cm³/mol. The van der Waals surface area contributed by atoms with Gasteiger partial charge in [-0.2, -0.15) is 0 Å². The van der Waals surface area contributed by atoms with E-state index in [4.69, 9.17) is 13.9 Å². The molecule has 1 N–H and O–H groups in total. The number of hydrogen-bond acceptors (Lipinski definition) is 6. The summed E-state index contributed by atoms with van der Waals surface area (Å²) in [6.45, 7) is 5.48. The number of nitrogens with one attached hydrogen (secondary N) is 1. The van der Waals surface area contributed by atoms with Crippen molar-refractivity contribution >= 4 is 22.6 Å². The minimum Gasteiger partial charge on any atom is -0.493 e. The van der Waals surface area contributed by atoms with Crippen molar-refractivity contribution < 1.29 is 18.7 Å². The van der Waals surface area contributed by atoms with E-state index in [0.717, 1.165) is 0 Å². The first-order chi connectivity index (χ1) is 12.9. The van der Waals surface area contributed by atoms with E-state index in [1.165, 1.54) is 13.2 Å². The van der Waals surface area contributed by atoms with Crippen molar-refractivity contribution in [1.82, 2.24) is 4.98 Å². The summed E-state index contributed by atoms with van der Waals surface area (Å²) >= 11 is 0. The van der Waals surface area contributed by atoms with Crippen LogP contribution in [-0.2, 0) is 0 Å². The van der Waals surface area contributed by atoms with Crippen molar-refractivity contribution in [2.24, 2.45) is 0 Å². The lowest BCUT2D eigenvalue weighted by Crippen LogP contribution is -2.21. The van der Waals surface area contributed by atoms with Crippen LogP contribution in [0.2, 0.25) is 0 Å². The molecule has 27 heavy (non-hydrogen) atoms. The summed E-state index contributed by atoms with van der Waals surface area (Å²) in [5.41, 5.74) is 0.547.